The molecule has 0 saturated heterocycles. The van der Waals surface area contributed by atoms with E-state index in [2.05, 4.69) is 20.9 Å². The van der Waals surface area contributed by atoms with E-state index in [9.17, 15) is 4.79 Å². The number of rotatable bonds is 6. The molecule has 5 N–H and O–H groups in total. The van der Waals surface area contributed by atoms with E-state index >= 15 is 0 Å². The molecule has 0 spiro atoms. The molecular weight excluding hydrogens is 432 g/mol. The zero-order valence-corrected chi connectivity index (χ0v) is 19.5. The zero-order chi connectivity index (χ0) is 23.3. The Bertz CT molecular complexity index is 1090. The van der Waals surface area contributed by atoms with Gasteiger partial charge >= 0.3 is 0 Å². The number of benzene rings is 1. The lowest BCUT2D eigenvalue weighted by atomic mass is 9.52. The zero-order valence-electron chi connectivity index (χ0n) is 19.5. The summed E-state index contributed by atoms with van der Waals surface area (Å²) < 4.78 is 11.8. The van der Waals surface area contributed by atoms with Crippen LogP contribution < -0.4 is 26.4 Å². The molecule has 2 heterocycles. The van der Waals surface area contributed by atoms with Gasteiger partial charge in [-0.1, -0.05) is 0 Å². The van der Waals surface area contributed by atoms with Gasteiger partial charge < -0.3 is 31.2 Å². The van der Waals surface area contributed by atoms with Crippen LogP contribution >= 0.6 is 0 Å². The van der Waals surface area contributed by atoms with Crippen LogP contribution in [-0.2, 0) is 4.74 Å². The first kappa shape index (κ1) is 21.5. The fourth-order valence-electron chi connectivity index (χ4n) is 6.80. The van der Waals surface area contributed by atoms with Gasteiger partial charge in [0, 0.05) is 31.6 Å². The molecule has 4 bridgehead atoms. The van der Waals surface area contributed by atoms with Gasteiger partial charge in [-0.3, -0.25) is 4.79 Å². The summed E-state index contributed by atoms with van der Waals surface area (Å²) in [6.07, 6.45) is 8.16. The lowest BCUT2D eigenvalue weighted by molar-refractivity contribution is -0.149. The van der Waals surface area contributed by atoms with E-state index in [1.807, 2.05) is 25.3 Å². The van der Waals surface area contributed by atoms with Crippen molar-refractivity contribution in [3.8, 4) is 5.75 Å². The second kappa shape index (κ2) is 8.30. The Morgan fingerprint density at radius 2 is 2.09 bits per heavy atom. The number of nitrogens with one attached hydrogen (secondary N) is 3. The Kier molecular flexibility index (Phi) is 5.24. The summed E-state index contributed by atoms with van der Waals surface area (Å²) in [4.78, 5) is 21.2. The van der Waals surface area contributed by atoms with Crippen molar-refractivity contribution in [3.05, 3.63) is 30.0 Å². The van der Waals surface area contributed by atoms with E-state index < -0.39 is 5.91 Å². The third kappa shape index (κ3) is 3.81. The van der Waals surface area contributed by atoms with Gasteiger partial charge in [-0.05, 0) is 74.5 Å². The fraction of sp³-hybridized carbons (Fsp3) is 0.560. The maximum atomic E-state index is 12.2. The number of hydrogen-bond donors (Lipinski definition) is 4. The van der Waals surface area contributed by atoms with Gasteiger partial charge in [0.1, 0.15) is 11.6 Å². The Balaban J connectivity index is 1.25. The summed E-state index contributed by atoms with van der Waals surface area (Å²) in [5, 5.41) is 10.3. The highest BCUT2D eigenvalue weighted by atomic mass is 16.5. The number of nitrogens with zero attached hydrogens (tertiary/aromatic N) is 2. The summed E-state index contributed by atoms with van der Waals surface area (Å²) in [5.41, 5.74) is 7.81. The van der Waals surface area contributed by atoms with Crippen LogP contribution in [0.5, 0.6) is 5.75 Å². The maximum Gasteiger partial charge on any atom is 0.254 e. The monoisotopic (exact) mass is 464 g/mol. The molecule has 180 valence electrons. The molecule has 2 aromatic rings. The highest BCUT2D eigenvalue weighted by Crippen LogP contribution is 2.57. The van der Waals surface area contributed by atoms with Crippen LogP contribution in [0.2, 0.25) is 0 Å². The highest BCUT2D eigenvalue weighted by molar-refractivity contribution is 5.97. The van der Waals surface area contributed by atoms with Gasteiger partial charge in [0.15, 0.2) is 0 Å². The van der Waals surface area contributed by atoms with E-state index in [0.29, 0.717) is 35.8 Å². The van der Waals surface area contributed by atoms with Gasteiger partial charge in [-0.2, -0.15) is 4.98 Å². The third-order valence-corrected chi connectivity index (χ3v) is 8.14. The number of methoxy groups -OCH3 is 1. The SMILES string of the molecule is COC12CC3CC(C1)C(Nc1nc(Nc4ccc5c(c4)NCCCO5)ncc1C(N)=O)C(C3)C2. The van der Waals surface area contributed by atoms with Crippen molar-refractivity contribution in [3.63, 3.8) is 0 Å². The molecule has 9 nitrogen and oxygen atoms in total. The summed E-state index contributed by atoms with van der Waals surface area (Å²) in [7, 11) is 1.85. The number of amides is 1. The lowest BCUT2D eigenvalue weighted by Gasteiger charge is -2.59. The average molecular weight is 465 g/mol. The number of ether oxygens (including phenoxy) is 2. The Hall–Kier alpha value is -3.07. The number of fused-ring (bicyclic) bond motifs is 1. The maximum absolute atomic E-state index is 12.2. The second-order valence-corrected chi connectivity index (χ2v) is 10.3. The number of aromatic nitrogens is 2. The minimum absolute atomic E-state index is 0.0304. The molecule has 0 radical (unpaired) electrons. The molecule has 9 heteroatoms. The first-order valence-corrected chi connectivity index (χ1v) is 12.3. The molecule has 4 aliphatic carbocycles. The number of primary amides is 1. The van der Waals surface area contributed by atoms with Crippen LogP contribution in [0, 0.1) is 17.8 Å². The highest BCUT2D eigenvalue weighted by Gasteiger charge is 2.55. The first-order chi connectivity index (χ1) is 16.5. The molecule has 7 rings (SSSR count). The van der Waals surface area contributed by atoms with E-state index in [4.69, 9.17) is 20.2 Å². The Labute approximate surface area is 199 Å². The van der Waals surface area contributed by atoms with Gasteiger partial charge in [0.05, 0.1) is 23.5 Å². The van der Waals surface area contributed by atoms with E-state index in [0.717, 1.165) is 48.8 Å². The van der Waals surface area contributed by atoms with Gasteiger partial charge in [-0.15, -0.1) is 0 Å². The van der Waals surface area contributed by atoms with E-state index in [1.54, 1.807) is 0 Å². The van der Waals surface area contributed by atoms with Gasteiger partial charge in [-0.25, -0.2) is 4.98 Å². The molecule has 5 aliphatic rings. The topological polar surface area (TPSA) is 123 Å². The van der Waals surface area contributed by atoms with Crippen molar-refractivity contribution in [2.24, 2.45) is 23.5 Å². The fourth-order valence-corrected chi connectivity index (χ4v) is 6.80. The van der Waals surface area contributed by atoms with Crippen LogP contribution in [0.3, 0.4) is 0 Å². The average Bonchev–Trinajstić information content (AvgIpc) is 3.06. The molecule has 4 saturated carbocycles. The molecule has 1 amide bonds. The van der Waals surface area contributed by atoms with E-state index in [-0.39, 0.29) is 11.6 Å². The molecule has 2 atom stereocenters. The van der Waals surface area contributed by atoms with Crippen LogP contribution in [0.15, 0.2) is 24.4 Å². The van der Waals surface area contributed by atoms with Crippen molar-refractivity contribution in [2.45, 2.75) is 50.2 Å². The summed E-state index contributed by atoms with van der Waals surface area (Å²) >= 11 is 0. The second-order valence-electron chi connectivity index (χ2n) is 10.3. The quantitative estimate of drug-likeness (QED) is 0.512. The molecule has 2 unspecified atom stereocenters. The minimum Gasteiger partial charge on any atom is -0.491 e. The van der Waals surface area contributed by atoms with Crippen molar-refractivity contribution < 1.29 is 14.3 Å². The molecule has 1 aromatic carbocycles. The molecule has 1 aliphatic heterocycles. The molecule has 34 heavy (non-hydrogen) atoms. The van der Waals surface area contributed by atoms with Crippen molar-refractivity contribution in [1.82, 2.24) is 9.97 Å². The van der Waals surface area contributed by atoms with Gasteiger partial charge in [0.25, 0.3) is 5.91 Å². The van der Waals surface area contributed by atoms with Crippen LogP contribution in [0.4, 0.5) is 23.1 Å². The normalized spacial score (nSPS) is 31.1. The molecular formula is C25H32N6O3. The number of nitrogens with two attached hydrogens (primary N) is 1. The van der Waals surface area contributed by atoms with Crippen LogP contribution in [0.1, 0.15) is 48.9 Å². The predicted molar refractivity (Wildman–Crippen MR) is 130 cm³/mol. The number of carbonyl (C=O) groups is 1. The van der Waals surface area contributed by atoms with Crippen LogP contribution in [-0.4, -0.2) is 47.8 Å². The van der Waals surface area contributed by atoms with Crippen molar-refractivity contribution >= 4 is 29.0 Å². The van der Waals surface area contributed by atoms with Gasteiger partial charge in [0.2, 0.25) is 5.95 Å². The largest absolute Gasteiger partial charge is 0.491 e. The Morgan fingerprint density at radius 3 is 2.85 bits per heavy atom. The number of hydrogen-bond acceptors (Lipinski definition) is 8. The number of carbonyl (C=O) groups excluding carboxylic acids is 1. The predicted octanol–water partition coefficient (Wildman–Crippen LogP) is 3.52. The minimum atomic E-state index is -0.530. The summed E-state index contributed by atoms with van der Waals surface area (Å²) in [6.45, 7) is 1.57. The lowest BCUT2D eigenvalue weighted by Crippen LogP contribution is -2.59. The standard InChI is InChI=1S/C25H32N6O3/c1-33-25-10-14-7-15(11-25)21(16(8-14)12-25)30-23-18(22(26)32)13-28-24(31-23)29-17-3-4-20-19(9-17)27-5-2-6-34-20/h3-4,9,13-16,21,27H,2,5-8,10-12H2,1H3,(H2,26,32)(H2,28,29,30,31). The smallest absolute Gasteiger partial charge is 0.254 e. The Morgan fingerprint density at radius 1 is 1.26 bits per heavy atom. The summed E-state index contributed by atoms with van der Waals surface area (Å²) in [6, 6.07) is 6.12. The molecule has 1 aromatic heterocycles. The summed E-state index contributed by atoms with van der Waals surface area (Å²) in [5.74, 6) is 2.98. The third-order valence-electron chi connectivity index (χ3n) is 8.14. The molecule has 4 fully saturated rings. The number of anilines is 4. The van der Waals surface area contributed by atoms with E-state index in [1.165, 1.54) is 25.5 Å². The van der Waals surface area contributed by atoms with Crippen molar-refractivity contribution in [1.29, 1.82) is 0 Å². The van der Waals surface area contributed by atoms with Crippen LogP contribution in [0.25, 0.3) is 0 Å². The first-order valence-electron chi connectivity index (χ1n) is 12.3. The van der Waals surface area contributed by atoms with Crippen molar-refractivity contribution in [2.75, 3.05) is 36.2 Å².